The average Bonchev–Trinajstić information content (AvgIpc) is 3.37. The third-order valence-electron chi connectivity index (χ3n) is 7.99. The molecule has 7 atom stereocenters. The lowest BCUT2D eigenvalue weighted by atomic mass is 9.93. The number of para-hydroxylation sites is 1. The minimum atomic E-state index is -1.63. The Morgan fingerprint density at radius 2 is 1.55 bits per heavy atom. The van der Waals surface area contributed by atoms with Crippen molar-refractivity contribution in [1.82, 2.24) is 20.5 Å². The van der Waals surface area contributed by atoms with Gasteiger partial charge in [-0.1, -0.05) is 18.2 Å². The maximum Gasteiger partial charge on any atom is 0.408 e. The Kier molecular flexibility index (Phi) is 12.0. The molecule has 1 fully saturated rings. The summed E-state index contributed by atoms with van der Waals surface area (Å²) in [7, 11) is 0. The van der Waals surface area contributed by atoms with E-state index in [0.29, 0.717) is 5.69 Å². The first-order chi connectivity index (χ1) is 23.8. The Labute approximate surface area is 293 Å². The largest absolute Gasteiger partial charge is 0.463 e. The summed E-state index contributed by atoms with van der Waals surface area (Å²) in [5, 5.41) is 6.07. The van der Waals surface area contributed by atoms with Gasteiger partial charge in [0.15, 0.2) is 12.2 Å². The molecule has 3 amide bonds. The smallest absolute Gasteiger partial charge is 0.408 e. The van der Waals surface area contributed by atoms with Crippen LogP contribution in [0.15, 0.2) is 24.3 Å². The molecule has 2 aromatic rings. The molecule has 4 rings (SSSR count). The molecule has 1 aromatic carbocycles. The standard InChI is InChI=1S/C34H44N4O13/c1-16(35-33(45)51-34(6,7)8)31(44)38-14-24-22(21-11-9-10-12-23(21)36-24)13-25(38)30(43)37-27-29(48-19(4)41)28(47-18(3)40)26(15-46-17(2)39)50-32(27)49-20(5)42/h9-12,16,25-29,32,36H,13-15H2,1-8H3,(H,35,45)(H,37,43)/t16?,25-,26+,27+,28+,29+,32+/m0/s1. The van der Waals surface area contributed by atoms with E-state index in [4.69, 9.17) is 28.4 Å². The Bertz CT molecular complexity index is 1680. The first-order valence-corrected chi connectivity index (χ1v) is 16.3. The summed E-state index contributed by atoms with van der Waals surface area (Å²) < 4.78 is 32.7. The summed E-state index contributed by atoms with van der Waals surface area (Å²) >= 11 is 0. The number of ether oxygens (including phenoxy) is 6. The number of aromatic nitrogens is 1. The summed E-state index contributed by atoms with van der Waals surface area (Å²) in [6, 6.07) is 3.58. The Morgan fingerprint density at radius 1 is 0.922 bits per heavy atom. The van der Waals surface area contributed by atoms with Crippen LogP contribution in [-0.4, -0.2) is 107 Å². The lowest BCUT2D eigenvalue weighted by Gasteiger charge is -2.45. The second-order valence-corrected chi connectivity index (χ2v) is 13.3. The van der Waals surface area contributed by atoms with Gasteiger partial charge in [-0.2, -0.15) is 0 Å². The number of fused-ring (bicyclic) bond motifs is 3. The maximum absolute atomic E-state index is 14.4. The van der Waals surface area contributed by atoms with E-state index in [0.717, 1.165) is 44.2 Å². The third kappa shape index (κ3) is 9.74. The molecule has 2 aliphatic rings. The Balaban J connectivity index is 1.73. The molecule has 0 spiro atoms. The zero-order valence-electron chi connectivity index (χ0n) is 29.7. The molecular weight excluding hydrogens is 672 g/mol. The highest BCUT2D eigenvalue weighted by molar-refractivity contribution is 5.94. The van der Waals surface area contributed by atoms with Crippen LogP contribution >= 0.6 is 0 Å². The van der Waals surface area contributed by atoms with Gasteiger partial charge in [0, 0.05) is 50.7 Å². The molecule has 2 aliphatic heterocycles. The number of carbonyl (C=O) groups excluding carboxylic acids is 7. The maximum atomic E-state index is 14.4. The van der Waals surface area contributed by atoms with E-state index in [1.54, 1.807) is 20.8 Å². The minimum Gasteiger partial charge on any atom is -0.463 e. The molecule has 0 aliphatic carbocycles. The van der Waals surface area contributed by atoms with E-state index < -0.39 is 96.7 Å². The van der Waals surface area contributed by atoms with Gasteiger partial charge in [0.05, 0.1) is 6.54 Å². The number of carbonyl (C=O) groups is 7. The van der Waals surface area contributed by atoms with Crippen molar-refractivity contribution >= 4 is 52.7 Å². The second kappa shape index (κ2) is 15.8. The van der Waals surface area contributed by atoms with Crippen LogP contribution in [0.4, 0.5) is 4.79 Å². The molecule has 0 radical (unpaired) electrons. The molecule has 1 saturated heterocycles. The molecule has 1 aromatic heterocycles. The van der Waals surface area contributed by atoms with Crippen molar-refractivity contribution in [3.63, 3.8) is 0 Å². The monoisotopic (exact) mass is 716 g/mol. The van der Waals surface area contributed by atoms with E-state index in [1.165, 1.54) is 11.8 Å². The van der Waals surface area contributed by atoms with Gasteiger partial charge >= 0.3 is 30.0 Å². The fourth-order valence-corrected chi connectivity index (χ4v) is 6.05. The number of H-pyrrole nitrogens is 1. The first kappa shape index (κ1) is 38.6. The Hall–Kier alpha value is -5.19. The van der Waals surface area contributed by atoms with E-state index in [2.05, 4.69) is 15.6 Å². The van der Waals surface area contributed by atoms with Crippen LogP contribution in [0.25, 0.3) is 10.9 Å². The minimum absolute atomic E-state index is 0.0164. The van der Waals surface area contributed by atoms with Crippen molar-refractivity contribution in [2.45, 2.75) is 117 Å². The normalized spacial score (nSPS) is 23.6. The highest BCUT2D eigenvalue weighted by atomic mass is 16.7. The second-order valence-electron chi connectivity index (χ2n) is 13.3. The number of amides is 3. The first-order valence-electron chi connectivity index (χ1n) is 16.3. The lowest BCUT2D eigenvalue weighted by molar-refractivity contribution is -0.271. The topological polar surface area (TPSA) is 218 Å². The number of esters is 4. The SMILES string of the molecule is CC(=O)OC[C@H]1O[C@@H](OC(C)=O)[C@H](NC(=O)[C@@H]2Cc3c([nH]c4ccccc34)CN2C(=O)C(C)NC(=O)OC(C)(C)C)[C@@H](OC(C)=O)[C@@H]1OC(C)=O. The van der Waals surface area contributed by atoms with Crippen LogP contribution in [-0.2, 0) is 70.2 Å². The number of nitrogens with zero attached hydrogens (tertiary/aromatic N) is 1. The Morgan fingerprint density at radius 3 is 2.16 bits per heavy atom. The van der Waals surface area contributed by atoms with E-state index in [9.17, 15) is 33.6 Å². The number of rotatable bonds is 9. The molecule has 3 heterocycles. The van der Waals surface area contributed by atoms with Crippen LogP contribution in [0, 0.1) is 0 Å². The summed E-state index contributed by atoms with van der Waals surface area (Å²) in [5.74, 6) is -4.57. The van der Waals surface area contributed by atoms with Gasteiger partial charge in [0.2, 0.25) is 18.1 Å². The number of hydrogen-bond acceptors (Lipinski definition) is 13. The van der Waals surface area contributed by atoms with Crippen LogP contribution < -0.4 is 10.6 Å². The summed E-state index contributed by atoms with van der Waals surface area (Å²) in [5.41, 5.74) is 1.40. The van der Waals surface area contributed by atoms with E-state index >= 15 is 0 Å². The zero-order valence-corrected chi connectivity index (χ0v) is 29.7. The van der Waals surface area contributed by atoms with Crippen molar-refractivity contribution in [3.8, 4) is 0 Å². The number of aromatic amines is 1. The lowest BCUT2D eigenvalue weighted by Crippen LogP contribution is -2.68. The van der Waals surface area contributed by atoms with Crippen LogP contribution in [0.1, 0.15) is 66.6 Å². The van der Waals surface area contributed by atoms with Gasteiger partial charge in [0.25, 0.3) is 0 Å². The predicted molar refractivity (Wildman–Crippen MR) is 175 cm³/mol. The van der Waals surface area contributed by atoms with Gasteiger partial charge < -0.3 is 48.9 Å². The predicted octanol–water partition coefficient (Wildman–Crippen LogP) is 1.53. The number of benzene rings is 1. The van der Waals surface area contributed by atoms with Gasteiger partial charge in [-0.05, 0) is 39.3 Å². The van der Waals surface area contributed by atoms with Crippen LogP contribution in [0.2, 0.25) is 0 Å². The zero-order chi connectivity index (χ0) is 37.8. The van der Waals surface area contributed by atoms with Crippen molar-refractivity contribution in [1.29, 1.82) is 0 Å². The molecule has 17 nitrogen and oxygen atoms in total. The molecule has 0 saturated carbocycles. The number of alkyl carbamates (subject to hydrolysis) is 1. The number of nitrogens with one attached hydrogen (secondary N) is 3. The van der Waals surface area contributed by atoms with Crippen LogP contribution in [0.5, 0.6) is 0 Å². The van der Waals surface area contributed by atoms with Crippen LogP contribution in [0.3, 0.4) is 0 Å². The third-order valence-corrected chi connectivity index (χ3v) is 7.99. The molecule has 51 heavy (non-hydrogen) atoms. The van der Waals surface area contributed by atoms with E-state index in [1.807, 2.05) is 24.3 Å². The van der Waals surface area contributed by atoms with Gasteiger partial charge in [-0.3, -0.25) is 28.8 Å². The average molecular weight is 717 g/mol. The molecule has 1 unspecified atom stereocenters. The highest BCUT2D eigenvalue weighted by Gasteiger charge is 2.53. The van der Waals surface area contributed by atoms with Gasteiger partial charge in [-0.15, -0.1) is 0 Å². The molecule has 0 bridgehead atoms. The highest BCUT2D eigenvalue weighted by Crippen LogP contribution is 2.32. The fraction of sp³-hybridized carbons (Fsp3) is 0.559. The molecule has 278 valence electrons. The van der Waals surface area contributed by atoms with Gasteiger partial charge in [0.1, 0.15) is 36.4 Å². The molecule has 17 heteroatoms. The summed E-state index contributed by atoms with van der Waals surface area (Å²) in [6.45, 7) is 10.3. The number of hydrogen-bond donors (Lipinski definition) is 3. The van der Waals surface area contributed by atoms with Crippen molar-refractivity contribution < 1.29 is 62.0 Å². The van der Waals surface area contributed by atoms with Crippen molar-refractivity contribution in [2.75, 3.05) is 6.61 Å². The summed E-state index contributed by atoms with van der Waals surface area (Å²) in [6.07, 6.45) is -6.69. The van der Waals surface area contributed by atoms with Crippen molar-refractivity contribution in [2.24, 2.45) is 0 Å². The van der Waals surface area contributed by atoms with E-state index in [-0.39, 0.29) is 13.0 Å². The van der Waals surface area contributed by atoms with Gasteiger partial charge in [-0.25, -0.2) is 4.79 Å². The quantitative estimate of drug-likeness (QED) is 0.248. The fourth-order valence-electron chi connectivity index (χ4n) is 6.05. The molecule has 3 N–H and O–H groups in total. The van der Waals surface area contributed by atoms with Crippen molar-refractivity contribution in [3.05, 3.63) is 35.5 Å². The molecular formula is C34H44N4O13. The summed E-state index contributed by atoms with van der Waals surface area (Å²) in [4.78, 5) is 94.1.